The molecule has 1 saturated carbocycles. The zero-order chi connectivity index (χ0) is 18.8. The standard InChI is InChI=1S/C22H25NO4/c1-2-26-19-5-3-4-16(13-19)22(25)23-21(17-11-18(24)12-17)15-6-7-20-14(10-15)8-9-27-20/h3-7,10,13,17-18,21,24H,2,8-9,11-12H2,1H3,(H,23,25)/t17?,18?,21-/m0/s1. The van der Waals surface area contributed by atoms with Crippen LogP contribution in [0.25, 0.3) is 0 Å². The van der Waals surface area contributed by atoms with E-state index in [-0.39, 0.29) is 24.0 Å². The maximum Gasteiger partial charge on any atom is 0.251 e. The first-order chi connectivity index (χ1) is 13.1. The maximum atomic E-state index is 12.9. The summed E-state index contributed by atoms with van der Waals surface area (Å²) in [6, 6.07) is 13.3. The van der Waals surface area contributed by atoms with Crippen LogP contribution in [0.3, 0.4) is 0 Å². The number of fused-ring (bicyclic) bond motifs is 1. The lowest BCUT2D eigenvalue weighted by molar-refractivity contribution is 0.0235. The van der Waals surface area contributed by atoms with Crippen LogP contribution < -0.4 is 14.8 Å². The number of carbonyl (C=O) groups excluding carboxylic acids is 1. The molecule has 0 bridgehead atoms. The Hall–Kier alpha value is -2.53. The molecule has 1 heterocycles. The van der Waals surface area contributed by atoms with Crippen LogP contribution in [0.1, 0.15) is 47.3 Å². The molecule has 0 spiro atoms. The fourth-order valence-corrected chi connectivity index (χ4v) is 3.89. The van der Waals surface area contributed by atoms with E-state index >= 15 is 0 Å². The number of nitrogens with one attached hydrogen (secondary N) is 1. The minimum absolute atomic E-state index is 0.123. The molecule has 1 atom stereocenters. The van der Waals surface area contributed by atoms with Gasteiger partial charge in [0.15, 0.2) is 0 Å². The number of hydrogen-bond donors (Lipinski definition) is 2. The first kappa shape index (κ1) is 17.9. The molecule has 4 rings (SSSR count). The third-order valence-corrected chi connectivity index (χ3v) is 5.39. The smallest absolute Gasteiger partial charge is 0.251 e. The van der Waals surface area contributed by atoms with Crippen LogP contribution in [0.15, 0.2) is 42.5 Å². The second kappa shape index (κ2) is 7.61. The lowest BCUT2D eigenvalue weighted by Gasteiger charge is -2.38. The number of hydrogen-bond acceptors (Lipinski definition) is 4. The van der Waals surface area contributed by atoms with Crippen LogP contribution in [-0.4, -0.2) is 30.3 Å². The van der Waals surface area contributed by atoms with E-state index in [9.17, 15) is 9.90 Å². The van der Waals surface area contributed by atoms with Crippen molar-refractivity contribution in [2.24, 2.45) is 5.92 Å². The van der Waals surface area contributed by atoms with Crippen molar-refractivity contribution in [2.45, 2.75) is 38.3 Å². The molecular formula is C22H25NO4. The summed E-state index contributed by atoms with van der Waals surface area (Å²) >= 11 is 0. The van der Waals surface area contributed by atoms with Crippen molar-refractivity contribution in [1.82, 2.24) is 5.32 Å². The van der Waals surface area contributed by atoms with Gasteiger partial charge in [-0.1, -0.05) is 12.1 Å². The van der Waals surface area contributed by atoms with Gasteiger partial charge in [-0.3, -0.25) is 4.79 Å². The Morgan fingerprint density at radius 1 is 1.30 bits per heavy atom. The van der Waals surface area contributed by atoms with E-state index < -0.39 is 0 Å². The third kappa shape index (κ3) is 3.78. The first-order valence-electron chi connectivity index (χ1n) is 9.61. The zero-order valence-electron chi connectivity index (χ0n) is 15.5. The molecule has 2 aromatic rings. The van der Waals surface area contributed by atoms with Gasteiger partial charge in [0.05, 0.1) is 25.4 Å². The van der Waals surface area contributed by atoms with Gasteiger partial charge >= 0.3 is 0 Å². The molecule has 0 aromatic heterocycles. The first-order valence-corrected chi connectivity index (χ1v) is 9.61. The highest BCUT2D eigenvalue weighted by Crippen LogP contribution is 2.40. The van der Waals surface area contributed by atoms with Crippen LogP contribution in [0.2, 0.25) is 0 Å². The van der Waals surface area contributed by atoms with Gasteiger partial charge < -0.3 is 19.9 Å². The van der Waals surface area contributed by atoms with Gasteiger partial charge in [0.25, 0.3) is 5.91 Å². The molecule has 2 aromatic carbocycles. The minimum atomic E-state index is -0.270. The predicted molar refractivity (Wildman–Crippen MR) is 102 cm³/mol. The van der Waals surface area contributed by atoms with E-state index in [1.165, 1.54) is 5.56 Å². The van der Waals surface area contributed by atoms with E-state index in [0.717, 1.165) is 17.7 Å². The quantitative estimate of drug-likeness (QED) is 0.822. The van der Waals surface area contributed by atoms with Gasteiger partial charge in [0.1, 0.15) is 11.5 Å². The Balaban J connectivity index is 1.56. The Kier molecular flexibility index (Phi) is 5.03. The van der Waals surface area contributed by atoms with E-state index in [2.05, 4.69) is 11.4 Å². The van der Waals surface area contributed by atoms with E-state index in [1.54, 1.807) is 12.1 Å². The number of amides is 1. The highest BCUT2D eigenvalue weighted by molar-refractivity contribution is 5.94. The number of benzene rings is 2. The highest BCUT2D eigenvalue weighted by atomic mass is 16.5. The Morgan fingerprint density at radius 3 is 2.93 bits per heavy atom. The van der Waals surface area contributed by atoms with Crippen LogP contribution in [-0.2, 0) is 6.42 Å². The number of rotatable bonds is 6. The third-order valence-electron chi connectivity index (χ3n) is 5.39. The summed E-state index contributed by atoms with van der Waals surface area (Å²) in [5.74, 6) is 1.73. The Bertz CT molecular complexity index is 829. The minimum Gasteiger partial charge on any atom is -0.494 e. The summed E-state index contributed by atoms with van der Waals surface area (Å²) in [5.41, 5.74) is 2.84. The summed E-state index contributed by atoms with van der Waals surface area (Å²) in [7, 11) is 0. The normalized spacial score (nSPS) is 21.6. The van der Waals surface area contributed by atoms with Crippen molar-refractivity contribution in [3.05, 3.63) is 59.2 Å². The molecule has 0 unspecified atom stereocenters. The second-order valence-electron chi connectivity index (χ2n) is 7.26. The molecule has 1 fully saturated rings. The summed E-state index contributed by atoms with van der Waals surface area (Å²) < 4.78 is 11.1. The van der Waals surface area contributed by atoms with E-state index in [1.807, 2.05) is 31.2 Å². The van der Waals surface area contributed by atoms with Crippen molar-refractivity contribution in [1.29, 1.82) is 0 Å². The fraction of sp³-hybridized carbons (Fsp3) is 0.409. The molecule has 5 nitrogen and oxygen atoms in total. The second-order valence-corrected chi connectivity index (χ2v) is 7.26. The van der Waals surface area contributed by atoms with E-state index in [0.29, 0.717) is 37.4 Å². The largest absolute Gasteiger partial charge is 0.494 e. The summed E-state index contributed by atoms with van der Waals surface area (Å²) in [4.78, 5) is 12.9. The molecule has 0 radical (unpaired) electrons. The molecule has 1 aliphatic carbocycles. The molecular weight excluding hydrogens is 342 g/mol. The lowest BCUT2D eigenvalue weighted by Crippen LogP contribution is -2.41. The number of aliphatic hydroxyl groups excluding tert-OH is 1. The molecule has 27 heavy (non-hydrogen) atoms. The predicted octanol–water partition coefficient (Wildman–Crippen LogP) is 3.26. The molecule has 5 heteroatoms. The van der Waals surface area contributed by atoms with Crippen LogP contribution in [0.5, 0.6) is 11.5 Å². The van der Waals surface area contributed by atoms with Gasteiger partial charge in [0, 0.05) is 12.0 Å². The summed E-state index contributed by atoms with van der Waals surface area (Å²) in [6.45, 7) is 3.19. The molecule has 2 N–H and O–H groups in total. The average molecular weight is 367 g/mol. The van der Waals surface area contributed by atoms with Crippen LogP contribution in [0.4, 0.5) is 0 Å². The Morgan fingerprint density at radius 2 is 2.15 bits per heavy atom. The highest BCUT2D eigenvalue weighted by Gasteiger charge is 2.36. The molecule has 2 aliphatic rings. The zero-order valence-corrected chi connectivity index (χ0v) is 15.5. The number of aliphatic hydroxyl groups is 1. The maximum absolute atomic E-state index is 12.9. The number of carbonyl (C=O) groups is 1. The van der Waals surface area contributed by atoms with Crippen LogP contribution in [0, 0.1) is 5.92 Å². The van der Waals surface area contributed by atoms with Crippen LogP contribution >= 0.6 is 0 Å². The van der Waals surface area contributed by atoms with Gasteiger partial charge in [-0.05, 0) is 67.1 Å². The van der Waals surface area contributed by atoms with Crippen molar-refractivity contribution >= 4 is 5.91 Å². The Labute approximate surface area is 159 Å². The molecule has 1 aliphatic heterocycles. The van der Waals surface area contributed by atoms with E-state index in [4.69, 9.17) is 9.47 Å². The molecule has 142 valence electrons. The molecule has 1 amide bonds. The number of ether oxygens (including phenoxy) is 2. The average Bonchev–Trinajstić information content (AvgIpc) is 3.12. The monoisotopic (exact) mass is 367 g/mol. The SMILES string of the molecule is CCOc1cccc(C(=O)N[C@@H](c2ccc3c(c2)CCO3)C2CC(O)C2)c1. The summed E-state index contributed by atoms with van der Waals surface area (Å²) in [6.07, 6.45) is 2.04. The van der Waals surface area contributed by atoms with Gasteiger partial charge in [0.2, 0.25) is 0 Å². The van der Waals surface area contributed by atoms with Crippen molar-refractivity contribution < 1.29 is 19.4 Å². The summed E-state index contributed by atoms with van der Waals surface area (Å²) in [5, 5.41) is 13.0. The topological polar surface area (TPSA) is 67.8 Å². The van der Waals surface area contributed by atoms with Crippen molar-refractivity contribution in [3.63, 3.8) is 0 Å². The van der Waals surface area contributed by atoms with Crippen molar-refractivity contribution in [2.75, 3.05) is 13.2 Å². The van der Waals surface area contributed by atoms with Crippen molar-refractivity contribution in [3.8, 4) is 11.5 Å². The fourth-order valence-electron chi connectivity index (χ4n) is 3.89. The van der Waals surface area contributed by atoms with Gasteiger partial charge in [-0.2, -0.15) is 0 Å². The van der Waals surface area contributed by atoms with Gasteiger partial charge in [-0.15, -0.1) is 0 Å². The van der Waals surface area contributed by atoms with Gasteiger partial charge in [-0.25, -0.2) is 0 Å². The molecule has 0 saturated heterocycles. The lowest BCUT2D eigenvalue weighted by atomic mass is 9.74.